The van der Waals surface area contributed by atoms with E-state index < -0.39 is 0 Å². The summed E-state index contributed by atoms with van der Waals surface area (Å²) in [4.78, 5) is 0. The number of allylic oxidation sites excluding steroid dienone is 2. The van der Waals surface area contributed by atoms with Gasteiger partial charge in [-0.3, -0.25) is 0 Å². The first-order valence-electron chi connectivity index (χ1n) is 3.70. The molecule has 0 aromatic heterocycles. The zero-order chi connectivity index (χ0) is 7.98. The van der Waals surface area contributed by atoms with Crippen LogP contribution in [0.2, 0.25) is 0 Å². The van der Waals surface area contributed by atoms with Crippen molar-refractivity contribution in [1.82, 2.24) is 0 Å². The average Bonchev–Trinajstić information content (AvgIpc) is 1.87. The molecule has 0 bridgehead atoms. The van der Waals surface area contributed by atoms with Gasteiger partial charge in [0.1, 0.15) is 0 Å². The van der Waals surface area contributed by atoms with Gasteiger partial charge in [0.05, 0.1) is 11.9 Å². The van der Waals surface area contributed by atoms with Gasteiger partial charge in [0.15, 0.2) is 0 Å². The molecule has 0 aliphatic heterocycles. The van der Waals surface area contributed by atoms with Gasteiger partial charge >= 0.3 is 0 Å². The summed E-state index contributed by atoms with van der Waals surface area (Å²) in [5, 5.41) is 17.8. The van der Waals surface area contributed by atoms with Gasteiger partial charge in [0, 0.05) is 0 Å². The predicted octanol–water partition coefficient (Wildman–Crippen LogP) is 2.00. The highest BCUT2D eigenvalue weighted by Crippen LogP contribution is 2.02. The molecule has 0 aliphatic rings. The van der Waals surface area contributed by atoms with E-state index in [-0.39, 0.29) is 6.10 Å². The number of hydrogen-bond acceptors (Lipinski definition) is 2. The van der Waals surface area contributed by atoms with E-state index in [1.165, 1.54) is 0 Å². The molecule has 0 fully saturated rings. The van der Waals surface area contributed by atoms with Crippen LogP contribution in [0.25, 0.3) is 0 Å². The van der Waals surface area contributed by atoms with Crippen LogP contribution in [-0.4, -0.2) is 16.3 Å². The summed E-state index contributed by atoms with van der Waals surface area (Å²) < 4.78 is 0. The molecule has 1 atom stereocenters. The number of aliphatic hydroxyl groups excluding tert-OH is 2. The van der Waals surface area contributed by atoms with Crippen molar-refractivity contribution in [2.45, 2.75) is 39.2 Å². The SMILES string of the molecule is CCC(O)CCC=C(C)O. The van der Waals surface area contributed by atoms with Crippen molar-refractivity contribution in [3.05, 3.63) is 11.8 Å². The number of hydrogen-bond donors (Lipinski definition) is 2. The maximum absolute atomic E-state index is 9.06. The Morgan fingerprint density at radius 3 is 2.60 bits per heavy atom. The predicted molar refractivity (Wildman–Crippen MR) is 41.9 cm³/mol. The molecule has 2 N–H and O–H groups in total. The molecule has 0 rings (SSSR count). The highest BCUT2D eigenvalue weighted by atomic mass is 16.3. The van der Waals surface area contributed by atoms with E-state index in [1.807, 2.05) is 6.92 Å². The molecule has 0 spiro atoms. The van der Waals surface area contributed by atoms with Crippen LogP contribution in [0, 0.1) is 0 Å². The van der Waals surface area contributed by atoms with Crippen LogP contribution in [0.5, 0.6) is 0 Å². The summed E-state index contributed by atoms with van der Waals surface area (Å²) in [5.41, 5.74) is 0. The molecule has 0 aliphatic carbocycles. The van der Waals surface area contributed by atoms with E-state index in [4.69, 9.17) is 10.2 Å². The first-order chi connectivity index (χ1) is 4.66. The van der Waals surface area contributed by atoms with Gasteiger partial charge in [-0.15, -0.1) is 0 Å². The van der Waals surface area contributed by atoms with Crippen LogP contribution >= 0.6 is 0 Å². The lowest BCUT2D eigenvalue weighted by Crippen LogP contribution is -2.02. The first kappa shape index (κ1) is 9.50. The summed E-state index contributed by atoms with van der Waals surface area (Å²) in [5.74, 6) is 0.336. The maximum Gasteiger partial charge on any atom is 0.0852 e. The second-order valence-electron chi connectivity index (χ2n) is 2.48. The van der Waals surface area contributed by atoms with Gasteiger partial charge in [0.2, 0.25) is 0 Å². The molecule has 0 radical (unpaired) electrons. The third-order valence-electron chi connectivity index (χ3n) is 1.41. The summed E-state index contributed by atoms with van der Waals surface area (Å²) in [6.45, 7) is 3.58. The fourth-order valence-electron chi connectivity index (χ4n) is 0.689. The molecule has 0 amide bonds. The lowest BCUT2D eigenvalue weighted by molar-refractivity contribution is 0.161. The molecule has 2 nitrogen and oxygen atoms in total. The van der Waals surface area contributed by atoms with Crippen molar-refractivity contribution >= 4 is 0 Å². The van der Waals surface area contributed by atoms with Gasteiger partial charge in [-0.2, -0.15) is 0 Å². The molecular formula is C8H16O2. The summed E-state index contributed by atoms with van der Waals surface area (Å²) in [6.07, 6.45) is 3.80. The molecule has 0 saturated carbocycles. The monoisotopic (exact) mass is 144 g/mol. The normalized spacial score (nSPS) is 15.3. The van der Waals surface area contributed by atoms with Crippen molar-refractivity contribution in [1.29, 1.82) is 0 Å². The summed E-state index contributed by atoms with van der Waals surface area (Å²) >= 11 is 0. The second-order valence-corrected chi connectivity index (χ2v) is 2.48. The van der Waals surface area contributed by atoms with Crippen LogP contribution in [0.4, 0.5) is 0 Å². The minimum atomic E-state index is -0.212. The highest BCUT2D eigenvalue weighted by Gasteiger charge is 1.97. The van der Waals surface area contributed by atoms with E-state index >= 15 is 0 Å². The first-order valence-corrected chi connectivity index (χ1v) is 3.70. The molecule has 2 heteroatoms. The van der Waals surface area contributed by atoms with E-state index in [0.29, 0.717) is 5.76 Å². The van der Waals surface area contributed by atoms with Crippen molar-refractivity contribution in [2.75, 3.05) is 0 Å². The van der Waals surface area contributed by atoms with Crippen LogP contribution in [0.3, 0.4) is 0 Å². The molecule has 60 valence electrons. The second kappa shape index (κ2) is 5.30. The average molecular weight is 144 g/mol. The third-order valence-corrected chi connectivity index (χ3v) is 1.41. The molecule has 1 unspecified atom stereocenters. The van der Waals surface area contributed by atoms with Gasteiger partial charge in [-0.05, 0) is 32.3 Å². The minimum absolute atomic E-state index is 0.212. The lowest BCUT2D eigenvalue weighted by atomic mass is 10.1. The molecule has 10 heavy (non-hydrogen) atoms. The van der Waals surface area contributed by atoms with Crippen molar-refractivity contribution in [2.24, 2.45) is 0 Å². The van der Waals surface area contributed by atoms with Gasteiger partial charge in [0.25, 0.3) is 0 Å². The van der Waals surface area contributed by atoms with Gasteiger partial charge < -0.3 is 10.2 Å². The Kier molecular flexibility index (Phi) is 5.03. The summed E-state index contributed by atoms with van der Waals surface area (Å²) in [6, 6.07) is 0. The minimum Gasteiger partial charge on any atom is -0.513 e. The van der Waals surface area contributed by atoms with Crippen molar-refractivity contribution in [3.8, 4) is 0 Å². The maximum atomic E-state index is 9.06. The fourth-order valence-corrected chi connectivity index (χ4v) is 0.689. The fraction of sp³-hybridized carbons (Fsp3) is 0.750. The topological polar surface area (TPSA) is 40.5 Å². The molecule has 0 saturated heterocycles. The van der Waals surface area contributed by atoms with E-state index in [0.717, 1.165) is 19.3 Å². The van der Waals surface area contributed by atoms with E-state index in [9.17, 15) is 0 Å². The van der Waals surface area contributed by atoms with Crippen LogP contribution < -0.4 is 0 Å². The Labute approximate surface area is 62.2 Å². The van der Waals surface area contributed by atoms with E-state index in [1.54, 1.807) is 13.0 Å². The van der Waals surface area contributed by atoms with E-state index in [2.05, 4.69) is 0 Å². The van der Waals surface area contributed by atoms with Gasteiger partial charge in [-0.1, -0.05) is 6.92 Å². The smallest absolute Gasteiger partial charge is 0.0852 e. The van der Waals surface area contributed by atoms with Crippen molar-refractivity contribution < 1.29 is 10.2 Å². The third kappa shape index (κ3) is 5.63. The Balaban J connectivity index is 3.28. The van der Waals surface area contributed by atoms with Crippen LogP contribution in [0.15, 0.2) is 11.8 Å². The zero-order valence-electron chi connectivity index (χ0n) is 6.67. The largest absolute Gasteiger partial charge is 0.513 e. The number of rotatable bonds is 4. The zero-order valence-corrected chi connectivity index (χ0v) is 6.67. The van der Waals surface area contributed by atoms with Crippen LogP contribution in [0.1, 0.15) is 33.1 Å². The molecular weight excluding hydrogens is 128 g/mol. The Hall–Kier alpha value is -0.500. The molecule has 0 aromatic carbocycles. The Bertz CT molecular complexity index is 104. The highest BCUT2D eigenvalue weighted by molar-refractivity contribution is 4.85. The Morgan fingerprint density at radius 2 is 2.20 bits per heavy atom. The summed E-state index contributed by atoms with van der Waals surface area (Å²) in [7, 11) is 0. The Morgan fingerprint density at radius 1 is 1.60 bits per heavy atom. The molecule has 0 heterocycles. The van der Waals surface area contributed by atoms with Crippen molar-refractivity contribution in [3.63, 3.8) is 0 Å². The molecule has 0 aromatic rings. The van der Waals surface area contributed by atoms with Gasteiger partial charge in [-0.25, -0.2) is 0 Å². The number of aliphatic hydroxyl groups is 2. The lowest BCUT2D eigenvalue weighted by Gasteiger charge is -2.03. The standard InChI is InChI=1S/C8H16O2/c1-3-8(10)6-4-5-7(2)9/h5,8-10H,3-4,6H2,1-2H3. The van der Waals surface area contributed by atoms with Crippen LogP contribution in [-0.2, 0) is 0 Å². The quantitative estimate of drug-likeness (QED) is 0.592.